The Labute approximate surface area is 169 Å². The Morgan fingerprint density at radius 1 is 1.24 bits per heavy atom. The summed E-state index contributed by atoms with van der Waals surface area (Å²) in [6, 6.07) is 8.36. The van der Waals surface area contributed by atoms with Crippen molar-refractivity contribution in [2.75, 3.05) is 11.9 Å². The summed E-state index contributed by atoms with van der Waals surface area (Å²) in [7, 11) is 0. The van der Waals surface area contributed by atoms with Crippen LogP contribution in [0, 0.1) is 0 Å². The van der Waals surface area contributed by atoms with Crippen LogP contribution in [0.3, 0.4) is 0 Å². The fraction of sp³-hybridized carbons (Fsp3) is 0.429. The van der Waals surface area contributed by atoms with Crippen LogP contribution in [0.2, 0.25) is 0 Å². The molecule has 3 amide bonds. The van der Waals surface area contributed by atoms with Crippen molar-refractivity contribution in [3.05, 3.63) is 47.2 Å². The van der Waals surface area contributed by atoms with Crippen molar-refractivity contribution in [2.24, 2.45) is 0 Å². The molecule has 8 heteroatoms. The van der Waals surface area contributed by atoms with Gasteiger partial charge in [0.1, 0.15) is 6.04 Å². The summed E-state index contributed by atoms with van der Waals surface area (Å²) in [4.78, 5) is 39.5. The van der Waals surface area contributed by atoms with Gasteiger partial charge in [0.05, 0.1) is 6.54 Å². The summed E-state index contributed by atoms with van der Waals surface area (Å²) >= 11 is 0. The largest absolute Gasteiger partial charge is 0.345 e. The molecule has 1 aliphatic carbocycles. The Hall–Kier alpha value is -3.16. The van der Waals surface area contributed by atoms with E-state index in [0.29, 0.717) is 16.9 Å². The molecular formula is C21H25N5O3. The molecule has 1 aromatic carbocycles. The number of carbonyl (C=O) groups is 3. The SMILES string of the molecule is CC(C)(C)c1cc(NC(=O)CNC(=O)C2c3ccccc3C(=O)N2C2CC2)n[nH]1. The number of amides is 3. The summed E-state index contributed by atoms with van der Waals surface area (Å²) in [6.45, 7) is 5.93. The van der Waals surface area contributed by atoms with E-state index in [9.17, 15) is 14.4 Å². The fourth-order valence-corrected chi connectivity index (χ4v) is 3.55. The lowest BCUT2D eigenvalue weighted by Gasteiger charge is -2.24. The van der Waals surface area contributed by atoms with Crippen molar-refractivity contribution in [3.63, 3.8) is 0 Å². The highest BCUT2D eigenvalue weighted by atomic mass is 16.2. The summed E-state index contributed by atoms with van der Waals surface area (Å²) in [5.74, 6) is -0.419. The van der Waals surface area contributed by atoms with E-state index < -0.39 is 6.04 Å². The Morgan fingerprint density at radius 2 is 1.97 bits per heavy atom. The first-order chi connectivity index (χ1) is 13.8. The Bertz CT molecular complexity index is 971. The van der Waals surface area contributed by atoms with Gasteiger partial charge in [-0.3, -0.25) is 19.5 Å². The molecule has 1 saturated carbocycles. The molecule has 0 saturated heterocycles. The molecule has 2 aliphatic rings. The lowest BCUT2D eigenvalue weighted by atomic mass is 9.92. The van der Waals surface area contributed by atoms with Crippen LogP contribution >= 0.6 is 0 Å². The van der Waals surface area contributed by atoms with E-state index in [2.05, 4.69) is 20.8 Å². The zero-order valence-electron chi connectivity index (χ0n) is 16.8. The topological polar surface area (TPSA) is 107 Å². The second-order valence-corrected chi connectivity index (χ2v) is 8.62. The van der Waals surface area contributed by atoms with Crippen molar-refractivity contribution in [1.82, 2.24) is 20.4 Å². The molecule has 152 valence electrons. The Balaban J connectivity index is 1.40. The van der Waals surface area contributed by atoms with Crippen molar-refractivity contribution >= 4 is 23.5 Å². The molecule has 1 atom stereocenters. The number of carbonyl (C=O) groups excluding carboxylic acids is 3. The van der Waals surface area contributed by atoms with Gasteiger partial charge in [0.2, 0.25) is 11.8 Å². The molecule has 29 heavy (non-hydrogen) atoms. The molecule has 2 aromatic rings. The smallest absolute Gasteiger partial charge is 0.255 e. The van der Waals surface area contributed by atoms with E-state index in [-0.39, 0.29) is 35.7 Å². The normalized spacial score (nSPS) is 18.5. The van der Waals surface area contributed by atoms with Crippen molar-refractivity contribution in [2.45, 2.75) is 51.1 Å². The number of anilines is 1. The van der Waals surface area contributed by atoms with Crippen LogP contribution in [0.1, 0.15) is 61.3 Å². The summed E-state index contributed by atoms with van der Waals surface area (Å²) in [6.07, 6.45) is 1.80. The average Bonchev–Trinajstić information content (AvgIpc) is 3.31. The maximum atomic E-state index is 12.9. The number of aromatic nitrogens is 2. The molecule has 0 radical (unpaired) electrons. The van der Waals surface area contributed by atoms with Gasteiger partial charge < -0.3 is 15.5 Å². The van der Waals surface area contributed by atoms with Gasteiger partial charge in [0, 0.05) is 28.8 Å². The third-order valence-electron chi connectivity index (χ3n) is 5.26. The van der Waals surface area contributed by atoms with E-state index in [1.54, 1.807) is 29.2 Å². The molecule has 1 fully saturated rings. The molecular weight excluding hydrogens is 370 g/mol. The molecule has 2 heterocycles. The summed E-state index contributed by atoms with van der Waals surface area (Å²) in [5, 5.41) is 12.3. The first kappa shape index (κ1) is 19.2. The maximum Gasteiger partial charge on any atom is 0.255 e. The molecule has 8 nitrogen and oxygen atoms in total. The molecule has 0 bridgehead atoms. The predicted molar refractivity (Wildman–Crippen MR) is 107 cm³/mol. The average molecular weight is 395 g/mol. The minimum atomic E-state index is -0.683. The number of nitrogens with one attached hydrogen (secondary N) is 3. The van der Waals surface area contributed by atoms with Crippen LogP contribution in [0.4, 0.5) is 5.82 Å². The van der Waals surface area contributed by atoms with Gasteiger partial charge in [-0.1, -0.05) is 39.0 Å². The molecule has 1 aliphatic heterocycles. The van der Waals surface area contributed by atoms with Gasteiger partial charge in [-0.2, -0.15) is 5.10 Å². The highest BCUT2D eigenvalue weighted by molar-refractivity contribution is 6.05. The second kappa shape index (κ2) is 7.02. The number of benzene rings is 1. The third-order valence-corrected chi connectivity index (χ3v) is 5.26. The summed E-state index contributed by atoms with van der Waals surface area (Å²) in [5.41, 5.74) is 2.05. The van der Waals surface area contributed by atoms with Crippen molar-refractivity contribution in [1.29, 1.82) is 0 Å². The Kier molecular flexibility index (Phi) is 4.64. The van der Waals surface area contributed by atoms with Crippen LogP contribution < -0.4 is 10.6 Å². The number of nitrogens with zero attached hydrogens (tertiary/aromatic N) is 2. The standard InChI is InChI=1S/C21H25N5O3/c1-21(2,3)15-10-16(25-24-15)23-17(27)11-22-19(28)18-13-6-4-5-7-14(13)20(29)26(18)12-8-9-12/h4-7,10,12,18H,8-9,11H2,1-3H3,(H,22,28)(H2,23,24,25,27). The number of rotatable bonds is 5. The third kappa shape index (κ3) is 3.74. The first-order valence-electron chi connectivity index (χ1n) is 9.81. The van der Waals surface area contributed by atoms with Crippen molar-refractivity contribution < 1.29 is 14.4 Å². The van der Waals surface area contributed by atoms with Gasteiger partial charge in [-0.05, 0) is 24.5 Å². The minimum Gasteiger partial charge on any atom is -0.345 e. The first-order valence-corrected chi connectivity index (χ1v) is 9.81. The second-order valence-electron chi connectivity index (χ2n) is 8.62. The molecule has 3 N–H and O–H groups in total. The lowest BCUT2D eigenvalue weighted by molar-refractivity contribution is -0.127. The van der Waals surface area contributed by atoms with Gasteiger partial charge in [0.15, 0.2) is 5.82 Å². The number of aromatic amines is 1. The van der Waals surface area contributed by atoms with Gasteiger partial charge in [-0.15, -0.1) is 0 Å². The highest BCUT2D eigenvalue weighted by Gasteiger charge is 2.47. The predicted octanol–water partition coefficient (Wildman–Crippen LogP) is 2.12. The van der Waals surface area contributed by atoms with Gasteiger partial charge in [-0.25, -0.2) is 0 Å². The lowest BCUT2D eigenvalue weighted by Crippen LogP contribution is -2.42. The van der Waals surface area contributed by atoms with Crippen LogP contribution in [0.15, 0.2) is 30.3 Å². The van der Waals surface area contributed by atoms with Crippen LogP contribution in [-0.4, -0.2) is 45.4 Å². The van der Waals surface area contributed by atoms with Gasteiger partial charge >= 0.3 is 0 Å². The highest BCUT2D eigenvalue weighted by Crippen LogP contribution is 2.41. The zero-order valence-corrected chi connectivity index (χ0v) is 16.8. The van der Waals surface area contributed by atoms with E-state index in [1.165, 1.54) is 0 Å². The molecule has 4 rings (SSSR count). The quantitative estimate of drug-likeness (QED) is 0.721. The van der Waals surface area contributed by atoms with Crippen LogP contribution in [0.5, 0.6) is 0 Å². The molecule has 1 unspecified atom stereocenters. The summed E-state index contributed by atoms with van der Waals surface area (Å²) < 4.78 is 0. The Morgan fingerprint density at radius 3 is 2.62 bits per heavy atom. The number of fused-ring (bicyclic) bond motifs is 1. The maximum absolute atomic E-state index is 12.9. The molecule has 1 aromatic heterocycles. The fourth-order valence-electron chi connectivity index (χ4n) is 3.55. The zero-order chi connectivity index (χ0) is 20.8. The van der Waals surface area contributed by atoms with E-state index in [0.717, 1.165) is 18.5 Å². The van der Waals surface area contributed by atoms with E-state index in [4.69, 9.17) is 0 Å². The van der Waals surface area contributed by atoms with Crippen LogP contribution in [0.25, 0.3) is 0 Å². The van der Waals surface area contributed by atoms with Crippen LogP contribution in [-0.2, 0) is 15.0 Å². The minimum absolute atomic E-state index is 0.0966. The number of hydrogen-bond donors (Lipinski definition) is 3. The number of H-pyrrole nitrogens is 1. The van der Waals surface area contributed by atoms with E-state index >= 15 is 0 Å². The van der Waals surface area contributed by atoms with Crippen molar-refractivity contribution in [3.8, 4) is 0 Å². The monoisotopic (exact) mass is 395 g/mol. The van der Waals surface area contributed by atoms with E-state index in [1.807, 2.05) is 26.8 Å². The van der Waals surface area contributed by atoms with Gasteiger partial charge in [0.25, 0.3) is 5.91 Å². The number of hydrogen-bond acceptors (Lipinski definition) is 4. The molecule has 0 spiro atoms.